The lowest BCUT2D eigenvalue weighted by Crippen LogP contribution is -2.50. The number of aromatic nitrogens is 1. The first-order valence-corrected chi connectivity index (χ1v) is 12.1. The van der Waals surface area contributed by atoms with Gasteiger partial charge in [0, 0.05) is 48.8 Å². The molecule has 2 aromatic rings. The highest BCUT2D eigenvalue weighted by molar-refractivity contribution is 6.05. The lowest BCUT2D eigenvalue weighted by molar-refractivity contribution is 0.208. The van der Waals surface area contributed by atoms with Crippen molar-refractivity contribution < 1.29 is 4.79 Å². The molecule has 1 fully saturated rings. The minimum Gasteiger partial charge on any atom is -0.368 e. The second-order valence-electron chi connectivity index (χ2n) is 9.01. The molecule has 0 bridgehead atoms. The van der Waals surface area contributed by atoms with Gasteiger partial charge in [0.05, 0.1) is 17.0 Å². The lowest BCUT2D eigenvalue weighted by atomic mass is 10.1. The van der Waals surface area contributed by atoms with Crippen LogP contribution in [0.1, 0.15) is 18.1 Å². The molecular formula is C29H29N5O2. The van der Waals surface area contributed by atoms with Crippen LogP contribution in [0.4, 0.5) is 21.9 Å². The first-order chi connectivity index (χ1) is 17.5. The Bertz CT molecular complexity index is 1440. The molecule has 2 aromatic carbocycles. The maximum atomic E-state index is 12.7. The number of amides is 2. The minimum atomic E-state index is -0.129. The van der Waals surface area contributed by atoms with Gasteiger partial charge in [-0.2, -0.15) is 0 Å². The number of H-pyrrole nitrogens is 1. The van der Waals surface area contributed by atoms with Crippen LogP contribution in [-0.2, 0) is 0 Å². The van der Waals surface area contributed by atoms with Gasteiger partial charge in [-0.3, -0.25) is 9.79 Å². The third-order valence-corrected chi connectivity index (χ3v) is 6.58. The predicted octanol–water partition coefficient (Wildman–Crippen LogP) is 5.28. The molecule has 5 rings (SSSR count). The van der Waals surface area contributed by atoms with E-state index in [2.05, 4.69) is 33.4 Å². The van der Waals surface area contributed by atoms with Crippen LogP contribution in [0.2, 0.25) is 0 Å². The summed E-state index contributed by atoms with van der Waals surface area (Å²) in [5.41, 5.74) is 6.55. The molecule has 0 saturated carbocycles. The number of aromatic amines is 1. The van der Waals surface area contributed by atoms with Gasteiger partial charge in [0.1, 0.15) is 0 Å². The molecule has 7 nitrogen and oxygen atoms in total. The highest BCUT2D eigenvalue weighted by Crippen LogP contribution is 2.29. The molecule has 36 heavy (non-hydrogen) atoms. The number of anilines is 2. The number of aliphatic imine (C=N–C) groups is 1. The SMILES string of the molecule is C/C(=N\c1cc(N2CCN(C(=O)Nc3ccccc3)CC2)ccc1C)c1c2cccccc-2[nH]c1=O. The van der Waals surface area contributed by atoms with Crippen molar-refractivity contribution in [1.29, 1.82) is 0 Å². The van der Waals surface area contributed by atoms with Crippen LogP contribution in [0.25, 0.3) is 11.3 Å². The summed E-state index contributed by atoms with van der Waals surface area (Å²) in [6, 6.07) is 25.3. The highest BCUT2D eigenvalue weighted by Gasteiger charge is 2.22. The Morgan fingerprint density at radius 1 is 0.917 bits per heavy atom. The fourth-order valence-electron chi connectivity index (χ4n) is 4.58. The van der Waals surface area contributed by atoms with E-state index in [-0.39, 0.29) is 11.6 Å². The highest BCUT2D eigenvalue weighted by atomic mass is 16.2. The standard InChI is InChI=1S/C29H29N5O2/c1-20-13-14-23(33-15-17-34(18-16-33)29(36)31-22-9-5-3-6-10-22)19-26(20)30-21(2)27-24-11-7-4-8-12-25(24)32-28(27)35/h3-14,19H,15-18H2,1-2H3,(H,31,36)(H,32,35)/b30-21+. The quantitative estimate of drug-likeness (QED) is 0.391. The van der Waals surface area contributed by atoms with Crippen LogP contribution >= 0.6 is 0 Å². The fraction of sp³-hybridized carbons (Fsp3) is 0.207. The third kappa shape index (κ3) is 4.86. The molecule has 0 radical (unpaired) electrons. The van der Waals surface area contributed by atoms with Gasteiger partial charge in [-0.05, 0) is 49.7 Å². The molecule has 0 atom stereocenters. The Kier molecular flexibility index (Phi) is 6.54. The van der Waals surface area contributed by atoms with Gasteiger partial charge in [-0.1, -0.05) is 48.5 Å². The number of urea groups is 1. The Hall–Kier alpha value is -4.39. The first-order valence-electron chi connectivity index (χ1n) is 12.1. The molecule has 2 aliphatic heterocycles. The molecular weight excluding hydrogens is 450 g/mol. The summed E-state index contributed by atoms with van der Waals surface area (Å²) in [4.78, 5) is 37.2. The average Bonchev–Trinajstić information content (AvgIpc) is 3.04. The molecule has 2 amide bonds. The van der Waals surface area contributed by atoms with Gasteiger partial charge in [0.25, 0.3) is 5.56 Å². The number of piperazine rings is 1. The number of nitrogens with one attached hydrogen (secondary N) is 2. The number of para-hydroxylation sites is 1. The van der Waals surface area contributed by atoms with E-state index in [0.717, 1.165) is 47.0 Å². The van der Waals surface area contributed by atoms with E-state index in [1.165, 1.54) is 0 Å². The van der Waals surface area contributed by atoms with Crippen LogP contribution in [0.3, 0.4) is 0 Å². The Balaban J connectivity index is 1.32. The van der Waals surface area contributed by atoms with Gasteiger partial charge >= 0.3 is 6.03 Å². The molecule has 0 spiro atoms. The van der Waals surface area contributed by atoms with E-state index in [1.54, 1.807) is 0 Å². The number of aryl methyl sites for hydroxylation is 1. The predicted molar refractivity (Wildman–Crippen MR) is 146 cm³/mol. The van der Waals surface area contributed by atoms with Crippen LogP contribution in [0.15, 0.2) is 88.6 Å². The zero-order valence-corrected chi connectivity index (χ0v) is 20.5. The van der Waals surface area contributed by atoms with Crippen molar-refractivity contribution in [3.63, 3.8) is 0 Å². The number of benzene rings is 2. The fourth-order valence-corrected chi connectivity index (χ4v) is 4.58. The van der Waals surface area contributed by atoms with Gasteiger partial charge in [0.15, 0.2) is 0 Å². The number of hydrogen-bond acceptors (Lipinski definition) is 4. The van der Waals surface area contributed by atoms with Crippen molar-refractivity contribution in [1.82, 2.24) is 9.88 Å². The maximum Gasteiger partial charge on any atom is 0.321 e. The van der Waals surface area contributed by atoms with Crippen molar-refractivity contribution in [2.45, 2.75) is 13.8 Å². The van der Waals surface area contributed by atoms with Crippen LogP contribution in [0.5, 0.6) is 0 Å². The molecule has 2 N–H and O–H groups in total. The van der Waals surface area contributed by atoms with E-state index < -0.39 is 0 Å². The average molecular weight is 480 g/mol. The largest absolute Gasteiger partial charge is 0.368 e. The van der Waals surface area contributed by atoms with E-state index in [1.807, 2.05) is 79.4 Å². The Morgan fingerprint density at radius 2 is 1.61 bits per heavy atom. The number of carbonyl (C=O) groups is 1. The van der Waals surface area contributed by atoms with Gasteiger partial charge in [-0.25, -0.2) is 4.79 Å². The number of fused-ring (bicyclic) bond motifs is 1. The number of rotatable bonds is 4. The van der Waals surface area contributed by atoms with Crippen molar-refractivity contribution in [3.8, 4) is 11.3 Å². The van der Waals surface area contributed by atoms with Gasteiger partial charge in [-0.15, -0.1) is 0 Å². The number of carbonyl (C=O) groups excluding carboxylic acids is 1. The molecule has 7 heteroatoms. The second kappa shape index (κ2) is 10.1. The molecule has 182 valence electrons. The zero-order chi connectivity index (χ0) is 25.1. The molecule has 0 aromatic heterocycles. The smallest absolute Gasteiger partial charge is 0.321 e. The van der Waals surface area contributed by atoms with Crippen molar-refractivity contribution in [2.24, 2.45) is 4.99 Å². The normalized spacial score (nSPS) is 14.2. The molecule has 1 saturated heterocycles. The second-order valence-corrected chi connectivity index (χ2v) is 9.01. The summed E-state index contributed by atoms with van der Waals surface area (Å²) in [5.74, 6) is 0. The maximum absolute atomic E-state index is 12.7. The van der Waals surface area contributed by atoms with Gasteiger partial charge < -0.3 is 20.1 Å². The summed E-state index contributed by atoms with van der Waals surface area (Å²) in [5, 5.41) is 2.96. The van der Waals surface area contributed by atoms with Crippen LogP contribution < -0.4 is 15.8 Å². The summed E-state index contributed by atoms with van der Waals surface area (Å²) in [6.07, 6.45) is 0. The topological polar surface area (TPSA) is 80.8 Å². The van der Waals surface area contributed by atoms with Gasteiger partial charge in [0.2, 0.25) is 0 Å². The third-order valence-electron chi connectivity index (χ3n) is 6.58. The lowest BCUT2D eigenvalue weighted by Gasteiger charge is -2.36. The first kappa shape index (κ1) is 23.4. The van der Waals surface area contributed by atoms with E-state index in [4.69, 9.17) is 4.99 Å². The molecule has 0 unspecified atom stereocenters. The number of nitrogens with zero attached hydrogens (tertiary/aromatic N) is 3. The van der Waals surface area contributed by atoms with Crippen LogP contribution in [0, 0.1) is 6.92 Å². The molecule has 1 aliphatic carbocycles. The van der Waals surface area contributed by atoms with Crippen molar-refractivity contribution in [3.05, 3.63) is 100 Å². The Morgan fingerprint density at radius 3 is 2.36 bits per heavy atom. The van der Waals surface area contributed by atoms with E-state index >= 15 is 0 Å². The number of hydrogen-bond donors (Lipinski definition) is 2. The Labute approximate surface area is 210 Å². The van der Waals surface area contributed by atoms with E-state index in [9.17, 15) is 9.59 Å². The summed E-state index contributed by atoms with van der Waals surface area (Å²) >= 11 is 0. The van der Waals surface area contributed by atoms with Crippen LogP contribution in [-0.4, -0.2) is 47.8 Å². The zero-order valence-electron chi connectivity index (χ0n) is 20.5. The summed E-state index contributed by atoms with van der Waals surface area (Å²) in [7, 11) is 0. The molecule has 2 heterocycles. The monoisotopic (exact) mass is 479 g/mol. The summed E-state index contributed by atoms with van der Waals surface area (Å²) < 4.78 is 0. The van der Waals surface area contributed by atoms with E-state index in [0.29, 0.717) is 24.4 Å². The molecule has 3 aliphatic rings. The summed E-state index contributed by atoms with van der Waals surface area (Å²) in [6.45, 7) is 6.64. The van der Waals surface area contributed by atoms with Crippen molar-refractivity contribution >= 4 is 28.8 Å². The van der Waals surface area contributed by atoms with Crippen molar-refractivity contribution in [2.75, 3.05) is 36.4 Å². The minimum absolute atomic E-state index is 0.0776.